The summed E-state index contributed by atoms with van der Waals surface area (Å²) in [5.74, 6) is 0.876. The van der Waals surface area contributed by atoms with Gasteiger partial charge in [0.2, 0.25) is 0 Å². The third-order valence-electron chi connectivity index (χ3n) is 3.99. The number of hydrogen-bond acceptors (Lipinski definition) is 2. The average Bonchev–Trinajstić information content (AvgIpc) is 3.20. The van der Waals surface area contributed by atoms with Crippen molar-refractivity contribution in [3.05, 3.63) is 29.8 Å². The molecule has 0 radical (unpaired) electrons. The van der Waals surface area contributed by atoms with E-state index in [-0.39, 0.29) is 6.10 Å². The molecule has 0 spiro atoms. The van der Waals surface area contributed by atoms with Gasteiger partial charge in [0.05, 0.1) is 6.10 Å². The van der Waals surface area contributed by atoms with Gasteiger partial charge in [0.15, 0.2) is 0 Å². The average molecular weight is 233 g/mol. The van der Waals surface area contributed by atoms with Gasteiger partial charge >= 0.3 is 0 Å². The number of anilines is 1. The van der Waals surface area contributed by atoms with Crippen LogP contribution in [0.5, 0.6) is 0 Å². The second-order valence-corrected chi connectivity index (χ2v) is 5.20. The SMILES string of the molecule is CC[C@@H](O)c1ccc(N(C)C(C)C2CC2)cc1. The second kappa shape index (κ2) is 5.09. The van der Waals surface area contributed by atoms with Crippen molar-refractivity contribution in [2.24, 2.45) is 5.92 Å². The lowest BCUT2D eigenvalue weighted by Crippen LogP contribution is -2.30. The maximum absolute atomic E-state index is 9.75. The molecule has 94 valence electrons. The Labute approximate surface area is 104 Å². The number of benzene rings is 1. The van der Waals surface area contributed by atoms with Crippen molar-refractivity contribution in [2.45, 2.75) is 45.3 Å². The fourth-order valence-corrected chi connectivity index (χ4v) is 2.30. The Kier molecular flexibility index (Phi) is 3.72. The molecule has 1 aliphatic rings. The Morgan fingerprint density at radius 1 is 1.29 bits per heavy atom. The predicted octanol–water partition coefficient (Wildman–Crippen LogP) is 3.36. The fourth-order valence-electron chi connectivity index (χ4n) is 2.30. The number of rotatable bonds is 5. The van der Waals surface area contributed by atoms with Crippen LogP contribution < -0.4 is 4.90 Å². The van der Waals surface area contributed by atoms with Gasteiger partial charge in [-0.2, -0.15) is 0 Å². The van der Waals surface area contributed by atoms with Crippen molar-refractivity contribution in [2.75, 3.05) is 11.9 Å². The Morgan fingerprint density at radius 2 is 1.88 bits per heavy atom. The summed E-state index contributed by atoms with van der Waals surface area (Å²) < 4.78 is 0. The van der Waals surface area contributed by atoms with E-state index in [1.807, 2.05) is 19.1 Å². The minimum atomic E-state index is -0.324. The molecule has 2 nitrogen and oxygen atoms in total. The van der Waals surface area contributed by atoms with Gasteiger partial charge in [0.25, 0.3) is 0 Å². The van der Waals surface area contributed by atoms with Crippen LogP contribution in [0.1, 0.15) is 44.8 Å². The van der Waals surface area contributed by atoms with E-state index in [1.165, 1.54) is 18.5 Å². The molecule has 2 heteroatoms. The summed E-state index contributed by atoms with van der Waals surface area (Å²) in [6, 6.07) is 8.94. The molecule has 2 atom stereocenters. The molecule has 1 aromatic rings. The summed E-state index contributed by atoms with van der Waals surface area (Å²) in [5, 5.41) is 9.75. The van der Waals surface area contributed by atoms with E-state index >= 15 is 0 Å². The maximum atomic E-state index is 9.75. The van der Waals surface area contributed by atoms with Crippen LogP contribution in [0.2, 0.25) is 0 Å². The predicted molar refractivity (Wildman–Crippen MR) is 72.3 cm³/mol. The molecule has 2 rings (SSSR count). The first-order chi connectivity index (χ1) is 8.13. The largest absolute Gasteiger partial charge is 0.388 e. The first kappa shape index (κ1) is 12.4. The number of aliphatic hydroxyl groups excluding tert-OH is 1. The summed E-state index contributed by atoms with van der Waals surface area (Å²) in [5.41, 5.74) is 2.26. The van der Waals surface area contributed by atoms with Gasteiger partial charge < -0.3 is 10.0 Å². The van der Waals surface area contributed by atoms with E-state index in [1.54, 1.807) is 0 Å². The number of aliphatic hydroxyl groups is 1. The highest BCUT2D eigenvalue weighted by Crippen LogP contribution is 2.36. The summed E-state index contributed by atoms with van der Waals surface area (Å²) in [6.45, 7) is 4.30. The Balaban J connectivity index is 2.06. The molecule has 0 aliphatic heterocycles. The molecule has 1 N–H and O–H groups in total. The molecule has 17 heavy (non-hydrogen) atoms. The van der Waals surface area contributed by atoms with Gasteiger partial charge in [-0.3, -0.25) is 0 Å². The first-order valence-electron chi connectivity index (χ1n) is 6.64. The van der Waals surface area contributed by atoms with Crippen LogP contribution in [0, 0.1) is 5.92 Å². The smallest absolute Gasteiger partial charge is 0.0787 e. The van der Waals surface area contributed by atoms with Crippen LogP contribution in [0.15, 0.2) is 24.3 Å². The Morgan fingerprint density at radius 3 is 2.35 bits per heavy atom. The molecule has 1 aromatic carbocycles. The third kappa shape index (κ3) is 2.81. The van der Waals surface area contributed by atoms with E-state index in [9.17, 15) is 5.11 Å². The molecular weight excluding hydrogens is 210 g/mol. The minimum Gasteiger partial charge on any atom is -0.388 e. The molecule has 0 saturated heterocycles. The normalized spacial score (nSPS) is 18.8. The summed E-state index contributed by atoms with van der Waals surface area (Å²) in [4.78, 5) is 2.35. The van der Waals surface area contributed by atoms with Crippen molar-refractivity contribution in [3.63, 3.8) is 0 Å². The summed E-state index contributed by atoms with van der Waals surface area (Å²) in [6.07, 6.45) is 3.19. The summed E-state index contributed by atoms with van der Waals surface area (Å²) in [7, 11) is 2.16. The molecule has 1 unspecified atom stereocenters. The van der Waals surface area contributed by atoms with Gasteiger partial charge in [-0.25, -0.2) is 0 Å². The quantitative estimate of drug-likeness (QED) is 0.843. The van der Waals surface area contributed by atoms with Gasteiger partial charge in [-0.1, -0.05) is 19.1 Å². The molecule has 0 aromatic heterocycles. The van der Waals surface area contributed by atoms with Crippen LogP contribution in [0.4, 0.5) is 5.69 Å². The second-order valence-electron chi connectivity index (χ2n) is 5.20. The lowest BCUT2D eigenvalue weighted by Gasteiger charge is -2.27. The van der Waals surface area contributed by atoms with E-state index in [0.717, 1.165) is 17.9 Å². The van der Waals surface area contributed by atoms with Gasteiger partial charge in [-0.05, 0) is 49.8 Å². The molecule has 0 amide bonds. The molecule has 0 heterocycles. The third-order valence-corrected chi connectivity index (χ3v) is 3.99. The topological polar surface area (TPSA) is 23.5 Å². The van der Waals surface area contributed by atoms with Crippen LogP contribution in [-0.2, 0) is 0 Å². The maximum Gasteiger partial charge on any atom is 0.0787 e. The van der Waals surface area contributed by atoms with Crippen LogP contribution in [0.25, 0.3) is 0 Å². The molecular formula is C15H23NO. The zero-order valence-electron chi connectivity index (χ0n) is 11.1. The zero-order valence-corrected chi connectivity index (χ0v) is 11.1. The van der Waals surface area contributed by atoms with E-state index in [0.29, 0.717) is 6.04 Å². The van der Waals surface area contributed by atoms with E-state index in [2.05, 4.69) is 31.0 Å². The van der Waals surface area contributed by atoms with Gasteiger partial charge in [-0.15, -0.1) is 0 Å². The highest BCUT2D eigenvalue weighted by atomic mass is 16.3. The Hall–Kier alpha value is -1.02. The van der Waals surface area contributed by atoms with Crippen molar-refractivity contribution in [3.8, 4) is 0 Å². The summed E-state index contributed by atoms with van der Waals surface area (Å²) >= 11 is 0. The van der Waals surface area contributed by atoms with Crippen molar-refractivity contribution in [1.29, 1.82) is 0 Å². The van der Waals surface area contributed by atoms with Crippen LogP contribution >= 0.6 is 0 Å². The van der Waals surface area contributed by atoms with Gasteiger partial charge in [0, 0.05) is 18.8 Å². The van der Waals surface area contributed by atoms with E-state index in [4.69, 9.17) is 0 Å². The number of hydrogen-bond donors (Lipinski definition) is 1. The molecule has 1 aliphatic carbocycles. The highest BCUT2D eigenvalue weighted by molar-refractivity contribution is 5.48. The van der Waals surface area contributed by atoms with Crippen molar-refractivity contribution < 1.29 is 5.11 Å². The van der Waals surface area contributed by atoms with Crippen molar-refractivity contribution >= 4 is 5.69 Å². The number of nitrogens with zero attached hydrogens (tertiary/aromatic N) is 1. The molecule has 1 saturated carbocycles. The van der Waals surface area contributed by atoms with Crippen LogP contribution in [0.3, 0.4) is 0 Å². The molecule has 1 fully saturated rings. The van der Waals surface area contributed by atoms with Crippen molar-refractivity contribution in [1.82, 2.24) is 0 Å². The Bertz CT molecular complexity index is 356. The molecule has 0 bridgehead atoms. The highest BCUT2D eigenvalue weighted by Gasteiger charge is 2.30. The van der Waals surface area contributed by atoms with E-state index < -0.39 is 0 Å². The monoisotopic (exact) mass is 233 g/mol. The van der Waals surface area contributed by atoms with Crippen LogP contribution in [-0.4, -0.2) is 18.2 Å². The minimum absolute atomic E-state index is 0.324. The fraction of sp³-hybridized carbons (Fsp3) is 0.600. The first-order valence-corrected chi connectivity index (χ1v) is 6.64. The lowest BCUT2D eigenvalue weighted by molar-refractivity contribution is 0.173. The van der Waals surface area contributed by atoms with Gasteiger partial charge in [0.1, 0.15) is 0 Å². The zero-order chi connectivity index (χ0) is 12.4. The standard InChI is InChI=1S/C15H23NO/c1-4-15(17)13-7-9-14(10-8-13)16(3)11(2)12-5-6-12/h7-12,15,17H,4-6H2,1-3H3/t11?,15-/m1/s1. The lowest BCUT2D eigenvalue weighted by atomic mass is 10.1.